The van der Waals surface area contributed by atoms with Crippen molar-refractivity contribution in [3.05, 3.63) is 23.0 Å². The van der Waals surface area contributed by atoms with Crippen LogP contribution in [0.4, 0.5) is 8.78 Å². The second-order valence-electron chi connectivity index (χ2n) is 2.63. The van der Waals surface area contributed by atoms with E-state index in [1.807, 2.05) is 0 Å². The highest BCUT2D eigenvalue weighted by atomic mass is 19.3. The van der Waals surface area contributed by atoms with Gasteiger partial charge in [0.05, 0.1) is 18.4 Å². The van der Waals surface area contributed by atoms with Gasteiger partial charge in [-0.05, 0) is 13.0 Å². The number of rotatable bonds is 2. The average Bonchev–Trinajstić information content (AvgIpc) is 2.16. The van der Waals surface area contributed by atoms with Gasteiger partial charge in [0.15, 0.2) is 0 Å². The molecule has 0 atom stereocenters. The molecule has 0 bridgehead atoms. The summed E-state index contributed by atoms with van der Waals surface area (Å²) in [5, 5.41) is 8.57. The Morgan fingerprint density at radius 3 is 2.64 bits per heavy atom. The average molecular weight is 198 g/mol. The van der Waals surface area contributed by atoms with Crippen molar-refractivity contribution in [2.75, 3.05) is 7.11 Å². The van der Waals surface area contributed by atoms with Crippen molar-refractivity contribution in [1.29, 1.82) is 5.26 Å². The molecule has 0 aliphatic carbocycles. The van der Waals surface area contributed by atoms with E-state index in [4.69, 9.17) is 10.00 Å². The van der Waals surface area contributed by atoms with Crippen LogP contribution in [0, 0.1) is 18.3 Å². The van der Waals surface area contributed by atoms with Gasteiger partial charge in [0, 0.05) is 0 Å². The molecule has 5 heteroatoms. The van der Waals surface area contributed by atoms with Crippen molar-refractivity contribution in [1.82, 2.24) is 4.98 Å². The third kappa shape index (κ3) is 1.79. The molecule has 0 radical (unpaired) electrons. The lowest BCUT2D eigenvalue weighted by atomic mass is 10.2. The SMILES string of the molecule is COc1cc(C(F)F)c(C#N)nc1C. The first-order valence-electron chi connectivity index (χ1n) is 3.84. The van der Waals surface area contributed by atoms with E-state index >= 15 is 0 Å². The normalized spacial score (nSPS) is 10.0. The van der Waals surface area contributed by atoms with Gasteiger partial charge in [0.1, 0.15) is 17.5 Å². The summed E-state index contributed by atoms with van der Waals surface area (Å²) in [6.07, 6.45) is -2.72. The van der Waals surface area contributed by atoms with E-state index in [9.17, 15) is 8.78 Å². The zero-order valence-corrected chi connectivity index (χ0v) is 7.71. The molecule has 14 heavy (non-hydrogen) atoms. The lowest BCUT2D eigenvalue weighted by Gasteiger charge is -2.07. The summed E-state index contributed by atoms with van der Waals surface area (Å²) in [6.45, 7) is 1.59. The zero-order valence-electron chi connectivity index (χ0n) is 7.71. The molecular weight excluding hydrogens is 190 g/mol. The number of ether oxygens (including phenoxy) is 1. The molecule has 74 valence electrons. The van der Waals surface area contributed by atoms with Crippen molar-refractivity contribution in [2.45, 2.75) is 13.3 Å². The first-order chi connectivity index (χ1) is 6.60. The summed E-state index contributed by atoms with van der Waals surface area (Å²) < 4.78 is 29.7. The predicted octanol–water partition coefficient (Wildman–Crippen LogP) is 2.21. The van der Waals surface area contributed by atoms with Crippen LogP contribution in [-0.4, -0.2) is 12.1 Å². The Labute approximate surface area is 79.9 Å². The lowest BCUT2D eigenvalue weighted by molar-refractivity contribution is 0.150. The Bertz CT molecular complexity index is 385. The van der Waals surface area contributed by atoms with Crippen LogP contribution in [0.25, 0.3) is 0 Å². The fraction of sp³-hybridized carbons (Fsp3) is 0.333. The van der Waals surface area contributed by atoms with Crippen LogP contribution >= 0.6 is 0 Å². The quantitative estimate of drug-likeness (QED) is 0.731. The van der Waals surface area contributed by atoms with E-state index in [1.165, 1.54) is 7.11 Å². The van der Waals surface area contributed by atoms with Crippen LogP contribution in [0.2, 0.25) is 0 Å². The number of hydrogen-bond acceptors (Lipinski definition) is 3. The van der Waals surface area contributed by atoms with E-state index < -0.39 is 12.0 Å². The van der Waals surface area contributed by atoms with E-state index in [2.05, 4.69) is 4.98 Å². The second kappa shape index (κ2) is 4.01. The number of alkyl halides is 2. The summed E-state index contributed by atoms with van der Waals surface area (Å²) in [7, 11) is 1.37. The summed E-state index contributed by atoms with van der Waals surface area (Å²) in [5.41, 5.74) is -0.221. The summed E-state index contributed by atoms with van der Waals surface area (Å²) in [6, 6.07) is 2.77. The monoisotopic (exact) mass is 198 g/mol. The fourth-order valence-electron chi connectivity index (χ4n) is 1.06. The van der Waals surface area contributed by atoms with E-state index in [0.29, 0.717) is 5.69 Å². The molecule has 1 aromatic rings. The number of halogens is 2. The molecule has 0 unspecified atom stereocenters. The van der Waals surface area contributed by atoms with Crippen molar-refractivity contribution < 1.29 is 13.5 Å². The maximum atomic E-state index is 12.4. The Kier molecular flexibility index (Phi) is 2.97. The smallest absolute Gasteiger partial charge is 0.266 e. The minimum Gasteiger partial charge on any atom is -0.495 e. The molecule has 0 aliphatic heterocycles. The van der Waals surface area contributed by atoms with Gasteiger partial charge < -0.3 is 4.74 Å². The largest absolute Gasteiger partial charge is 0.495 e. The molecule has 0 aromatic carbocycles. The topological polar surface area (TPSA) is 45.9 Å². The first kappa shape index (κ1) is 10.4. The van der Waals surface area contributed by atoms with Crippen LogP contribution in [0.15, 0.2) is 6.07 Å². The molecule has 0 amide bonds. The van der Waals surface area contributed by atoms with Crippen molar-refractivity contribution >= 4 is 0 Å². The third-order valence-corrected chi connectivity index (χ3v) is 1.76. The predicted molar refractivity (Wildman–Crippen MR) is 45.2 cm³/mol. The number of nitriles is 1. The van der Waals surface area contributed by atoms with E-state index in [0.717, 1.165) is 6.07 Å². The van der Waals surface area contributed by atoms with Crippen LogP contribution in [0.1, 0.15) is 23.4 Å². The number of nitrogens with zero attached hydrogens (tertiary/aromatic N) is 2. The van der Waals surface area contributed by atoms with Crippen molar-refractivity contribution in [3.8, 4) is 11.8 Å². The molecule has 3 nitrogen and oxygen atoms in total. The second-order valence-corrected chi connectivity index (χ2v) is 2.63. The number of pyridine rings is 1. The highest BCUT2D eigenvalue weighted by Gasteiger charge is 2.17. The van der Waals surface area contributed by atoms with Gasteiger partial charge in [-0.3, -0.25) is 0 Å². The van der Waals surface area contributed by atoms with Crippen LogP contribution < -0.4 is 4.74 Å². The molecule has 0 saturated heterocycles. The molecular formula is C9H8F2N2O. The number of aromatic nitrogens is 1. The maximum absolute atomic E-state index is 12.4. The lowest BCUT2D eigenvalue weighted by Crippen LogP contribution is -1.99. The van der Waals surface area contributed by atoms with E-state index in [-0.39, 0.29) is 11.4 Å². The first-order valence-corrected chi connectivity index (χ1v) is 3.84. The highest BCUT2D eigenvalue weighted by Crippen LogP contribution is 2.27. The Morgan fingerprint density at radius 1 is 1.57 bits per heavy atom. The molecule has 1 heterocycles. The van der Waals surface area contributed by atoms with Crippen molar-refractivity contribution in [3.63, 3.8) is 0 Å². The van der Waals surface area contributed by atoms with Crippen molar-refractivity contribution in [2.24, 2.45) is 0 Å². The van der Waals surface area contributed by atoms with Gasteiger partial charge >= 0.3 is 0 Å². The molecule has 0 saturated carbocycles. The van der Waals surface area contributed by atoms with Gasteiger partial charge in [0.25, 0.3) is 6.43 Å². The molecule has 0 aliphatic rings. The summed E-state index contributed by atoms with van der Waals surface area (Å²) in [5.74, 6) is 0.263. The molecule has 1 rings (SSSR count). The van der Waals surface area contributed by atoms with Crippen LogP contribution in [0.3, 0.4) is 0 Å². The summed E-state index contributed by atoms with van der Waals surface area (Å²) >= 11 is 0. The molecule has 0 fully saturated rings. The van der Waals surface area contributed by atoms with Gasteiger partial charge in [-0.25, -0.2) is 13.8 Å². The number of aryl methyl sites for hydroxylation is 1. The molecule has 1 aromatic heterocycles. The zero-order chi connectivity index (χ0) is 10.7. The van der Waals surface area contributed by atoms with Gasteiger partial charge in [-0.2, -0.15) is 5.26 Å². The minimum atomic E-state index is -2.72. The van der Waals surface area contributed by atoms with Crippen LogP contribution in [0.5, 0.6) is 5.75 Å². The minimum absolute atomic E-state index is 0.252. The number of methoxy groups -OCH3 is 1. The highest BCUT2D eigenvalue weighted by molar-refractivity contribution is 5.40. The van der Waals surface area contributed by atoms with Gasteiger partial charge in [0.2, 0.25) is 0 Å². The maximum Gasteiger partial charge on any atom is 0.266 e. The fourth-order valence-corrected chi connectivity index (χ4v) is 1.06. The third-order valence-electron chi connectivity index (χ3n) is 1.76. The summed E-state index contributed by atoms with van der Waals surface area (Å²) in [4.78, 5) is 3.72. The van der Waals surface area contributed by atoms with Gasteiger partial charge in [-0.1, -0.05) is 0 Å². The number of hydrogen-bond donors (Lipinski definition) is 0. The molecule has 0 spiro atoms. The van der Waals surface area contributed by atoms with Gasteiger partial charge in [-0.15, -0.1) is 0 Å². The van der Waals surface area contributed by atoms with Crippen LogP contribution in [-0.2, 0) is 0 Å². The Hall–Kier alpha value is -1.70. The van der Waals surface area contributed by atoms with E-state index in [1.54, 1.807) is 13.0 Å². The Balaban J connectivity index is 3.34. The standard InChI is InChI=1S/C9H8F2N2O/c1-5-8(14-2)3-6(9(10)11)7(4-12)13-5/h3,9H,1-2H3. The molecule has 0 N–H and O–H groups in total. The Morgan fingerprint density at radius 2 is 2.21 bits per heavy atom.